The molecular formula is C22H14ClFN6O3. The van der Waals surface area contributed by atoms with Gasteiger partial charge in [-0.05, 0) is 54.6 Å². The summed E-state index contributed by atoms with van der Waals surface area (Å²) in [6.45, 7) is -0.365. The van der Waals surface area contributed by atoms with Gasteiger partial charge < -0.3 is 9.84 Å². The fourth-order valence-corrected chi connectivity index (χ4v) is 3.39. The first kappa shape index (κ1) is 20.6. The van der Waals surface area contributed by atoms with E-state index in [1.165, 1.54) is 28.8 Å². The first-order valence-corrected chi connectivity index (χ1v) is 10.1. The molecule has 2 aromatic carbocycles. The molecule has 0 atom stereocenters. The Balaban J connectivity index is 1.45. The molecule has 9 nitrogen and oxygen atoms in total. The molecule has 0 aliphatic heterocycles. The Hall–Kier alpha value is -4.31. The van der Waals surface area contributed by atoms with Gasteiger partial charge in [0.15, 0.2) is 5.65 Å². The number of halogens is 2. The lowest BCUT2D eigenvalue weighted by atomic mass is 10.2. The van der Waals surface area contributed by atoms with Gasteiger partial charge in [0.25, 0.3) is 5.89 Å². The molecule has 0 saturated heterocycles. The maximum Gasteiger partial charge on any atom is 0.350 e. The highest BCUT2D eigenvalue weighted by atomic mass is 35.5. The number of fused-ring (bicyclic) bond motifs is 1. The molecule has 0 aliphatic rings. The molecule has 5 rings (SSSR count). The second-order valence-electron chi connectivity index (χ2n) is 7.04. The van der Waals surface area contributed by atoms with Crippen LogP contribution in [-0.4, -0.2) is 30.2 Å². The van der Waals surface area contributed by atoms with Crippen molar-refractivity contribution < 1.29 is 13.7 Å². The van der Waals surface area contributed by atoms with Crippen molar-refractivity contribution in [3.05, 3.63) is 88.2 Å². The first-order chi connectivity index (χ1) is 16.0. The van der Waals surface area contributed by atoms with Crippen LogP contribution in [-0.2, 0) is 11.3 Å². The molecular weight excluding hydrogens is 451 g/mol. The van der Waals surface area contributed by atoms with Crippen molar-refractivity contribution in [1.82, 2.24) is 24.3 Å². The average molecular weight is 465 g/mol. The van der Waals surface area contributed by atoms with Crippen molar-refractivity contribution in [3.8, 4) is 22.8 Å². The van der Waals surface area contributed by atoms with Gasteiger partial charge in [0.2, 0.25) is 11.7 Å². The van der Waals surface area contributed by atoms with Gasteiger partial charge >= 0.3 is 5.69 Å². The van der Waals surface area contributed by atoms with Gasteiger partial charge in [-0.2, -0.15) is 4.98 Å². The van der Waals surface area contributed by atoms with Crippen molar-refractivity contribution in [2.75, 3.05) is 5.32 Å². The van der Waals surface area contributed by atoms with Gasteiger partial charge in [0, 0.05) is 22.5 Å². The zero-order chi connectivity index (χ0) is 22.9. The van der Waals surface area contributed by atoms with E-state index in [1.807, 2.05) is 0 Å². The van der Waals surface area contributed by atoms with E-state index in [9.17, 15) is 14.0 Å². The Morgan fingerprint density at radius 3 is 2.73 bits per heavy atom. The van der Waals surface area contributed by atoms with Crippen molar-refractivity contribution in [2.45, 2.75) is 6.54 Å². The van der Waals surface area contributed by atoms with Gasteiger partial charge in [0.05, 0.1) is 5.56 Å². The molecule has 33 heavy (non-hydrogen) atoms. The zero-order valence-corrected chi connectivity index (χ0v) is 17.5. The summed E-state index contributed by atoms with van der Waals surface area (Å²) in [6, 6.07) is 15.7. The van der Waals surface area contributed by atoms with E-state index in [2.05, 4.69) is 20.6 Å². The Bertz CT molecular complexity index is 1540. The smallest absolute Gasteiger partial charge is 0.333 e. The predicted octanol–water partition coefficient (Wildman–Crippen LogP) is 3.64. The summed E-state index contributed by atoms with van der Waals surface area (Å²) < 4.78 is 21.0. The Labute approximate surface area is 190 Å². The minimum Gasteiger partial charge on any atom is -0.333 e. The molecule has 1 amide bonds. The summed E-state index contributed by atoms with van der Waals surface area (Å²) >= 11 is 5.92. The highest BCUT2D eigenvalue weighted by molar-refractivity contribution is 6.30. The van der Waals surface area contributed by atoms with Gasteiger partial charge in [-0.3, -0.25) is 4.79 Å². The minimum absolute atomic E-state index is 0.159. The van der Waals surface area contributed by atoms with E-state index in [4.69, 9.17) is 16.1 Å². The van der Waals surface area contributed by atoms with Crippen LogP contribution in [0.25, 0.3) is 28.5 Å². The van der Waals surface area contributed by atoms with E-state index >= 15 is 0 Å². The fourth-order valence-electron chi connectivity index (χ4n) is 3.26. The number of rotatable bonds is 5. The maximum absolute atomic E-state index is 13.3. The quantitative estimate of drug-likeness (QED) is 0.425. The highest BCUT2D eigenvalue weighted by Gasteiger charge is 2.18. The molecule has 11 heteroatoms. The second kappa shape index (κ2) is 8.32. The van der Waals surface area contributed by atoms with Crippen LogP contribution < -0.4 is 11.0 Å². The molecule has 0 unspecified atom stereocenters. The largest absolute Gasteiger partial charge is 0.350 e. The third-order valence-corrected chi connectivity index (χ3v) is 5.02. The maximum atomic E-state index is 13.3. The van der Waals surface area contributed by atoms with Gasteiger partial charge in [-0.15, -0.1) is 5.10 Å². The number of nitrogens with zero attached hydrogens (tertiary/aromatic N) is 5. The summed E-state index contributed by atoms with van der Waals surface area (Å²) in [7, 11) is 0. The van der Waals surface area contributed by atoms with Crippen LogP contribution in [0.1, 0.15) is 0 Å². The number of benzene rings is 2. The number of aromatic nitrogens is 5. The van der Waals surface area contributed by atoms with E-state index in [0.717, 1.165) is 4.68 Å². The van der Waals surface area contributed by atoms with Crippen LogP contribution in [0.15, 0.2) is 76.2 Å². The van der Waals surface area contributed by atoms with Crippen molar-refractivity contribution in [2.24, 2.45) is 0 Å². The lowest BCUT2D eigenvalue weighted by Crippen LogP contribution is -2.28. The molecule has 5 aromatic rings. The Morgan fingerprint density at radius 1 is 1.12 bits per heavy atom. The molecule has 0 radical (unpaired) electrons. The Kier molecular flexibility index (Phi) is 5.19. The van der Waals surface area contributed by atoms with Crippen molar-refractivity contribution in [1.29, 1.82) is 0 Å². The molecule has 0 fully saturated rings. The number of pyridine rings is 1. The molecule has 0 aliphatic carbocycles. The fraction of sp³-hybridized carbons (Fsp3) is 0.0455. The summed E-state index contributed by atoms with van der Waals surface area (Å²) in [5, 5.41) is 11.4. The van der Waals surface area contributed by atoms with E-state index in [1.54, 1.807) is 42.5 Å². The van der Waals surface area contributed by atoms with Crippen LogP contribution >= 0.6 is 11.6 Å². The van der Waals surface area contributed by atoms with Gasteiger partial charge in [-0.25, -0.2) is 18.3 Å². The monoisotopic (exact) mass is 464 g/mol. The number of anilines is 1. The number of nitrogens with one attached hydrogen (secondary N) is 1. The average Bonchev–Trinajstić information content (AvgIpc) is 3.40. The highest BCUT2D eigenvalue weighted by Crippen LogP contribution is 2.25. The van der Waals surface area contributed by atoms with E-state index < -0.39 is 17.4 Å². The molecule has 0 saturated carbocycles. The van der Waals surface area contributed by atoms with Crippen LogP contribution in [0.2, 0.25) is 5.02 Å². The van der Waals surface area contributed by atoms with Gasteiger partial charge in [-0.1, -0.05) is 22.8 Å². The molecule has 0 bridgehead atoms. The van der Waals surface area contributed by atoms with Crippen molar-refractivity contribution >= 4 is 28.8 Å². The zero-order valence-electron chi connectivity index (χ0n) is 16.8. The Morgan fingerprint density at radius 2 is 1.94 bits per heavy atom. The number of carbonyl (C=O) groups excluding carboxylic acids is 1. The van der Waals surface area contributed by atoms with Crippen LogP contribution in [0.3, 0.4) is 0 Å². The predicted molar refractivity (Wildman–Crippen MR) is 118 cm³/mol. The number of hydrogen-bond acceptors (Lipinski definition) is 6. The molecule has 0 spiro atoms. The van der Waals surface area contributed by atoms with E-state index in [0.29, 0.717) is 22.0 Å². The van der Waals surface area contributed by atoms with Gasteiger partial charge in [0.1, 0.15) is 12.4 Å². The summed E-state index contributed by atoms with van der Waals surface area (Å²) in [6.07, 6.45) is 1.52. The molecule has 164 valence electrons. The standard InChI is InChI=1S/C22H14ClFN6O3/c23-14-8-6-13(7-9-14)19-26-21(33-28-19)17-5-2-10-29-20(17)27-30(22(29)32)12-18(31)25-16-4-1-3-15(24)11-16/h1-11H,12H2,(H,25,31). The molecule has 3 heterocycles. The summed E-state index contributed by atoms with van der Waals surface area (Å²) in [5.74, 6) is -0.512. The summed E-state index contributed by atoms with van der Waals surface area (Å²) in [5.41, 5.74) is 1.12. The van der Waals surface area contributed by atoms with Crippen LogP contribution in [0.4, 0.5) is 10.1 Å². The lowest BCUT2D eigenvalue weighted by molar-refractivity contribution is -0.117. The molecule has 1 N–H and O–H groups in total. The SMILES string of the molecule is O=C(Cn1nc2c(-c3nc(-c4ccc(Cl)cc4)no3)cccn2c1=O)Nc1cccc(F)c1. The number of hydrogen-bond donors (Lipinski definition) is 1. The number of carbonyl (C=O) groups is 1. The van der Waals surface area contributed by atoms with E-state index in [-0.39, 0.29) is 23.8 Å². The lowest BCUT2D eigenvalue weighted by Gasteiger charge is -2.04. The number of amides is 1. The normalized spacial score (nSPS) is 11.1. The van der Waals surface area contributed by atoms with Crippen LogP contribution in [0.5, 0.6) is 0 Å². The third-order valence-electron chi connectivity index (χ3n) is 4.77. The minimum atomic E-state index is -0.532. The topological polar surface area (TPSA) is 107 Å². The summed E-state index contributed by atoms with van der Waals surface area (Å²) in [4.78, 5) is 29.5. The molecule has 3 aromatic heterocycles. The first-order valence-electron chi connectivity index (χ1n) is 9.71. The second-order valence-corrected chi connectivity index (χ2v) is 7.48. The van der Waals surface area contributed by atoms with Crippen LogP contribution in [0, 0.1) is 5.82 Å². The van der Waals surface area contributed by atoms with Crippen molar-refractivity contribution in [3.63, 3.8) is 0 Å². The third kappa shape index (κ3) is 4.11.